The van der Waals surface area contributed by atoms with Crippen molar-refractivity contribution >= 4 is 5.78 Å². The maximum Gasteiger partial charge on any atom is 0.174 e. The lowest BCUT2D eigenvalue weighted by Gasteiger charge is -2.28. The first-order valence-electron chi connectivity index (χ1n) is 7.85. The van der Waals surface area contributed by atoms with E-state index >= 15 is 0 Å². The quantitative estimate of drug-likeness (QED) is 0.887. The van der Waals surface area contributed by atoms with Gasteiger partial charge in [0, 0.05) is 11.1 Å². The largest absolute Gasteiger partial charge is 0.507 e. The molecule has 25 heavy (non-hydrogen) atoms. The van der Waals surface area contributed by atoms with Crippen LogP contribution in [-0.2, 0) is 0 Å². The molecule has 0 aromatic heterocycles. The Labute approximate surface area is 145 Å². The minimum absolute atomic E-state index is 0.0722. The zero-order chi connectivity index (χ0) is 18.3. The number of benzene rings is 2. The summed E-state index contributed by atoms with van der Waals surface area (Å²) < 4.78 is 16.5. The number of rotatable bonds is 3. The van der Waals surface area contributed by atoms with E-state index in [0.29, 0.717) is 17.1 Å². The zero-order valence-corrected chi connectivity index (χ0v) is 14.5. The van der Waals surface area contributed by atoms with Gasteiger partial charge in [0.1, 0.15) is 28.9 Å². The Hall–Kier alpha value is -2.89. The third kappa shape index (κ3) is 2.63. The smallest absolute Gasteiger partial charge is 0.174 e. The number of ether oxygens (including phenoxy) is 3. The molecule has 3 rings (SSSR count). The summed E-state index contributed by atoms with van der Waals surface area (Å²) in [5.41, 5.74) is 1.58. The molecule has 1 heterocycles. The van der Waals surface area contributed by atoms with Crippen molar-refractivity contribution in [2.75, 3.05) is 14.2 Å². The van der Waals surface area contributed by atoms with E-state index in [2.05, 4.69) is 0 Å². The molecule has 6 heteroatoms. The number of ketones is 1. The monoisotopic (exact) mass is 344 g/mol. The highest BCUT2D eigenvalue weighted by Gasteiger charge is 2.34. The van der Waals surface area contributed by atoms with E-state index in [1.807, 2.05) is 0 Å². The number of phenols is 2. The van der Waals surface area contributed by atoms with Gasteiger partial charge in [0.15, 0.2) is 17.3 Å². The lowest BCUT2D eigenvalue weighted by atomic mass is 9.91. The fourth-order valence-electron chi connectivity index (χ4n) is 3.08. The van der Waals surface area contributed by atoms with Gasteiger partial charge in [-0.25, -0.2) is 0 Å². The number of methoxy groups -OCH3 is 2. The Kier molecular flexibility index (Phi) is 4.20. The first-order chi connectivity index (χ1) is 11.9. The molecule has 2 aromatic rings. The minimum Gasteiger partial charge on any atom is -0.507 e. The molecule has 0 saturated heterocycles. The van der Waals surface area contributed by atoms with Gasteiger partial charge in [-0.2, -0.15) is 0 Å². The number of phenolic OH excluding ortho intramolecular Hbond substituents is 2. The van der Waals surface area contributed by atoms with Crippen LogP contribution in [0.15, 0.2) is 18.2 Å². The highest BCUT2D eigenvalue weighted by Crippen LogP contribution is 2.47. The SMILES string of the molecule is COc1ccc(C2CC(=O)c3c(O)c(C)c(O)c(C)c3O2)cc1OC. The van der Waals surface area contributed by atoms with Gasteiger partial charge in [-0.05, 0) is 31.5 Å². The Morgan fingerprint density at radius 1 is 1.04 bits per heavy atom. The summed E-state index contributed by atoms with van der Waals surface area (Å²) in [6, 6.07) is 5.30. The number of Topliss-reactive ketones (excluding diaryl/α,β-unsaturated/α-hetero) is 1. The van der Waals surface area contributed by atoms with Crippen molar-refractivity contribution in [3.05, 3.63) is 40.5 Å². The van der Waals surface area contributed by atoms with Gasteiger partial charge in [0.2, 0.25) is 0 Å². The van der Waals surface area contributed by atoms with Crippen LogP contribution in [0.4, 0.5) is 0 Å². The van der Waals surface area contributed by atoms with Gasteiger partial charge in [-0.3, -0.25) is 4.79 Å². The van der Waals surface area contributed by atoms with Crippen molar-refractivity contribution in [2.24, 2.45) is 0 Å². The van der Waals surface area contributed by atoms with Crippen molar-refractivity contribution in [3.63, 3.8) is 0 Å². The summed E-state index contributed by atoms with van der Waals surface area (Å²) in [6.45, 7) is 3.22. The van der Waals surface area contributed by atoms with Gasteiger partial charge in [0.25, 0.3) is 0 Å². The van der Waals surface area contributed by atoms with Crippen LogP contribution >= 0.6 is 0 Å². The molecular weight excluding hydrogens is 324 g/mol. The van der Waals surface area contributed by atoms with E-state index in [1.165, 1.54) is 7.11 Å². The van der Waals surface area contributed by atoms with Gasteiger partial charge in [-0.1, -0.05) is 6.07 Å². The summed E-state index contributed by atoms with van der Waals surface area (Å²) in [7, 11) is 3.08. The van der Waals surface area contributed by atoms with Crippen molar-refractivity contribution < 1.29 is 29.2 Å². The Morgan fingerprint density at radius 2 is 1.72 bits per heavy atom. The molecule has 0 radical (unpaired) electrons. The van der Waals surface area contributed by atoms with Crippen LogP contribution in [0.1, 0.15) is 39.6 Å². The van der Waals surface area contributed by atoms with Gasteiger partial charge >= 0.3 is 0 Å². The normalized spacial score (nSPS) is 16.2. The molecule has 0 amide bonds. The lowest BCUT2D eigenvalue weighted by molar-refractivity contribution is 0.0842. The van der Waals surface area contributed by atoms with Crippen LogP contribution in [0, 0.1) is 13.8 Å². The van der Waals surface area contributed by atoms with Gasteiger partial charge < -0.3 is 24.4 Å². The lowest BCUT2D eigenvalue weighted by Crippen LogP contribution is -2.21. The topological polar surface area (TPSA) is 85.2 Å². The fraction of sp³-hybridized carbons (Fsp3) is 0.316. The summed E-state index contributed by atoms with van der Waals surface area (Å²) in [4.78, 5) is 12.6. The maximum atomic E-state index is 12.6. The Bertz CT molecular complexity index is 856. The van der Waals surface area contributed by atoms with Gasteiger partial charge in [0.05, 0.1) is 20.6 Å². The zero-order valence-electron chi connectivity index (χ0n) is 14.5. The molecule has 2 aromatic carbocycles. The minimum atomic E-state index is -0.542. The summed E-state index contributed by atoms with van der Waals surface area (Å²) in [5, 5.41) is 20.4. The predicted molar refractivity (Wildman–Crippen MR) is 91.1 cm³/mol. The van der Waals surface area contributed by atoms with Crippen molar-refractivity contribution in [2.45, 2.75) is 26.4 Å². The van der Waals surface area contributed by atoms with Crippen LogP contribution < -0.4 is 14.2 Å². The molecule has 0 bridgehead atoms. The second-order valence-corrected chi connectivity index (χ2v) is 6.00. The van der Waals surface area contributed by atoms with E-state index < -0.39 is 6.10 Å². The molecule has 132 valence electrons. The Morgan fingerprint density at radius 3 is 2.36 bits per heavy atom. The maximum absolute atomic E-state index is 12.6. The standard InChI is InChI=1S/C19H20O6/c1-9-17(21)10(2)19-16(18(9)22)12(20)8-14(25-19)11-5-6-13(23-3)15(7-11)24-4/h5-7,14,21-22H,8H2,1-4H3. The van der Waals surface area contributed by atoms with Gasteiger partial charge in [-0.15, -0.1) is 0 Å². The van der Waals surface area contributed by atoms with Crippen LogP contribution in [0.3, 0.4) is 0 Å². The van der Waals surface area contributed by atoms with E-state index in [1.54, 1.807) is 39.2 Å². The number of carbonyl (C=O) groups excluding carboxylic acids is 1. The fourth-order valence-corrected chi connectivity index (χ4v) is 3.08. The average molecular weight is 344 g/mol. The first-order valence-corrected chi connectivity index (χ1v) is 7.85. The van der Waals surface area contributed by atoms with E-state index in [-0.39, 0.29) is 40.6 Å². The summed E-state index contributed by atoms with van der Waals surface area (Å²) in [6.07, 6.45) is -0.459. The van der Waals surface area contributed by atoms with E-state index in [4.69, 9.17) is 14.2 Å². The number of aromatic hydroxyl groups is 2. The first kappa shape index (κ1) is 17.0. The number of fused-ring (bicyclic) bond motifs is 1. The van der Waals surface area contributed by atoms with E-state index in [0.717, 1.165) is 5.56 Å². The Balaban J connectivity index is 2.07. The number of hydrogen-bond donors (Lipinski definition) is 2. The molecule has 0 spiro atoms. The van der Waals surface area contributed by atoms with Crippen LogP contribution in [0.5, 0.6) is 28.7 Å². The van der Waals surface area contributed by atoms with Crippen LogP contribution in [0.25, 0.3) is 0 Å². The van der Waals surface area contributed by atoms with Crippen molar-refractivity contribution in [3.8, 4) is 28.7 Å². The molecule has 2 N–H and O–H groups in total. The summed E-state index contributed by atoms with van der Waals surface area (Å²) in [5.74, 6) is 0.802. The molecule has 1 atom stereocenters. The molecule has 1 unspecified atom stereocenters. The highest BCUT2D eigenvalue weighted by atomic mass is 16.5. The summed E-state index contributed by atoms with van der Waals surface area (Å²) >= 11 is 0. The average Bonchev–Trinajstić information content (AvgIpc) is 2.63. The predicted octanol–water partition coefficient (Wildman–Crippen LogP) is 3.44. The highest BCUT2D eigenvalue weighted by molar-refractivity contribution is 6.03. The van der Waals surface area contributed by atoms with Crippen molar-refractivity contribution in [1.29, 1.82) is 0 Å². The van der Waals surface area contributed by atoms with E-state index in [9.17, 15) is 15.0 Å². The molecular formula is C19H20O6. The van der Waals surface area contributed by atoms with Crippen LogP contribution in [0.2, 0.25) is 0 Å². The molecule has 6 nitrogen and oxygen atoms in total. The van der Waals surface area contributed by atoms with Crippen molar-refractivity contribution in [1.82, 2.24) is 0 Å². The second-order valence-electron chi connectivity index (χ2n) is 6.00. The second kappa shape index (κ2) is 6.20. The number of carbonyl (C=O) groups is 1. The molecule has 1 aliphatic heterocycles. The molecule has 1 aliphatic rings. The molecule has 0 fully saturated rings. The molecule has 0 saturated carbocycles. The number of hydrogen-bond acceptors (Lipinski definition) is 6. The third-order valence-electron chi connectivity index (χ3n) is 4.56. The van der Waals surface area contributed by atoms with Crippen LogP contribution in [-0.4, -0.2) is 30.2 Å². The third-order valence-corrected chi connectivity index (χ3v) is 4.56. The molecule has 0 aliphatic carbocycles.